The third-order valence-electron chi connectivity index (χ3n) is 6.08. The van der Waals surface area contributed by atoms with Crippen LogP contribution in [0.2, 0.25) is 0 Å². The number of allylic oxidation sites excluding steroid dienone is 2. The van der Waals surface area contributed by atoms with Crippen molar-refractivity contribution >= 4 is 11.7 Å². The maximum Gasteiger partial charge on any atom is 0.226 e. The summed E-state index contributed by atoms with van der Waals surface area (Å²) >= 11 is 0. The Morgan fingerprint density at radius 2 is 1.84 bits per heavy atom. The third-order valence-corrected chi connectivity index (χ3v) is 6.08. The van der Waals surface area contributed by atoms with Crippen LogP contribution in [0.1, 0.15) is 43.9 Å². The summed E-state index contributed by atoms with van der Waals surface area (Å²) in [4.78, 5) is 18.2. The molecular formula is C25H26N4O2. The quantitative estimate of drug-likeness (QED) is 0.659. The smallest absolute Gasteiger partial charge is 0.226 e. The number of rotatable bonds is 3. The number of aromatic nitrogens is 3. The van der Waals surface area contributed by atoms with Crippen LogP contribution in [-0.2, 0) is 4.79 Å². The number of nitrogens with one attached hydrogen (secondary N) is 1. The number of nitrogens with zero attached hydrogens (tertiary/aromatic N) is 3. The molecule has 1 N–H and O–H groups in total. The lowest BCUT2D eigenvalue weighted by molar-refractivity contribution is -0.118. The van der Waals surface area contributed by atoms with Crippen molar-refractivity contribution in [1.29, 1.82) is 0 Å². The summed E-state index contributed by atoms with van der Waals surface area (Å²) in [5.41, 5.74) is 4.63. The van der Waals surface area contributed by atoms with Gasteiger partial charge in [-0.2, -0.15) is 4.98 Å². The van der Waals surface area contributed by atoms with E-state index in [-0.39, 0.29) is 17.2 Å². The number of Topliss-reactive ketones (excluding diaryl/α,β-unsaturated/α-hetero) is 1. The molecule has 1 unspecified atom stereocenters. The molecule has 1 aliphatic carbocycles. The number of ketones is 1. The normalized spacial score (nSPS) is 19.5. The van der Waals surface area contributed by atoms with E-state index in [1.54, 1.807) is 7.11 Å². The Labute approximate surface area is 182 Å². The van der Waals surface area contributed by atoms with Crippen LogP contribution >= 0.6 is 0 Å². The monoisotopic (exact) mass is 414 g/mol. The van der Waals surface area contributed by atoms with Crippen LogP contribution in [0.25, 0.3) is 11.4 Å². The fraction of sp³-hybridized carbons (Fsp3) is 0.320. The summed E-state index contributed by atoms with van der Waals surface area (Å²) in [6, 6.07) is 15.6. The number of para-hydroxylation sites is 1. The van der Waals surface area contributed by atoms with Crippen molar-refractivity contribution in [1.82, 2.24) is 14.8 Å². The molecule has 3 aromatic rings. The second-order valence-corrected chi connectivity index (χ2v) is 9.17. The summed E-state index contributed by atoms with van der Waals surface area (Å²) in [5, 5.41) is 8.28. The molecule has 0 fully saturated rings. The molecular weight excluding hydrogens is 388 g/mol. The highest BCUT2D eigenvalue weighted by atomic mass is 16.5. The molecule has 31 heavy (non-hydrogen) atoms. The van der Waals surface area contributed by atoms with Crippen LogP contribution in [0.3, 0.4) is 0 Å². The molecule has 0 radical (unpaired) electrons. The minimum absolute atomic E-state index is 0.101. The maximum atomic E-state index is 13.4. The van der Waals surface area contributed by atoms with Crippen LogP contribution < -0.4 is 10.1 Å². The van der Waals surface area contributed by atoms with Crippen molar-refractivity contribution in [3.8, 4) is 17.1 Å². The van der Waals surface area contributed by atoms with Gasteiger partial charge in [0.1, 0.15) is 11.8 Å². The first-order valence-corrected chi connectivity index (χ1v) is 10.6. The van der Waals surface area contributed by atoms with Gasteiger partial charge < -0.3 is 10.1 Å². The van der Waals surface area contributed by atoms with Crippen molar-refractivity contribution in [3.05, 3.63) is 70.9 Å². The Bertz CT molecular complexity index is 1200. The van der Waals surface area contributed by atoms with Crippen molar-refractivity contribution in [2.45, 2.75) is 39.7 Å². The molecule has 6 nitrogen and oxygen atoms in total. The standard InChI is InChI=1S/C25H26N4O2/c1-15-9-11-16(12-10-15)23-27-24-26-18-13-25(2,3)14-19(30)21(18)22(29(24)28-23)17-7-5-6-8-20(17)31-4/h5-12,22H,13-14H2,1-4H3,(H,26,27,28). The summed E-state index contributed by atoms with van der Waals surface area (Å²) < 4.78 is 7.49. The largest absolute Gasteiger partial charge is 0.496 e. The molecule has 0 saturated carbocycles. The van der Waals surface area contributed by atoms with E-state index in [2.05, 4.69) is 38.2 Å². The van der Waals surface area contributed by atoms with Crippen molar-refractivity contribution in [3.63, 3.8) is 0 Å². The molecule has 0 spiro atoms. The van der Waals surface area contributed by atoms with Crippen LogP contribution in [0.4, 0.5) is 5.95 Å². The van der Waals surface area contributed by atoms with Gasteiger partial charge in [-0.3, -0.25) is 4.79 Å². The molecule has 1 atom stereocenters. The average molecular weight is 415 g/mol. The van der Waals surface area contributed by atoms with E-state index < -0.39 is 0 Å². The first-order valence-electron chi connectivity index (χ1n) is 10.6. The minimum Gasteiger partial charge on any atom is -0.496 e. The number of ether oxygens (including phenoxy) is 1. The number of anilines is 1. The second kappa shape index (κ2) is 7.08. The van der Waals surface area contributed by atoms with E-state index >= 15 is 0 Å². The Hall–Kier alpha value is -3.41. The van der Waals surface area contributed by atoms with Gasteiger partial charge in [0.2, 0.25) is 5.95 Å². The summed E-state index contributed by atoms with van der Waals surface area (Å²) in [7, 11) is 1.65. The van der Waals surface area contributed by atoms with Crippen LogP contribution in [0, 0.1) is 12.3 Å². The number of fused-ring (bicyclic) bond motifs is 1. The fourth-order valence-corrected chi connectivity index (χ4v) is 4.61. The number of hydrogen-bond donors (Lipinski definition) is 1. The SMILES string of the molecule is COc1ccccc1C1C2=C(CC(C)(C)CC2=O)Nc2nc(-c3ccc(C)cc3)nn21. The minimum atomic E-state index is -0.377. The third kappa shape index (κ3) is 3.32. The topological polar surface area (TPSA) is 69.0 Å². The molecule has 6 heteroatoms. The number of methoxy groups -OCH3 is 1. The Morgan fingerprint density at radius 1 is 1.10 bits per heavy atom. The van der Waals surface area contributed by atoms with E-state index in [1.807, 2.05) is 41.1 Å². The molecule has 2 heterocycles. The second-order valence-electron chi connectivity index (χ2n) is 9.17. The van der Waals surface area contributed by atoms with Gasteiger partial charge in [0.25, 0.3) is 0 Å². The average Bonchev–Trinajstić information content (AvgIpc) is 3.15. The van der Waals surface area contributed by atoms with Gasteiger partial charge in [0.15, 0.2) is 11.6 Å². The van der Waals surface area contributed by atoms with Crippen LogP contribution in [-0.4, -0.2) is 27.7 Å². The van der Waals surface area contributed by atoms with Crippen molar-refractivity contribution in [2.24, 2.45) is 5.41 Å². The van der Waals surface area contributed by atoms with E-state index in [1.165, 1.54) is 5.56 Å². The van der Waals surface area contributed by atoms with Gasteiger partial charge in [-0.05, 0) is 24.8 Å². The number of carbonyl (C=O) groups excluding carboxylic acids is 1. The lowest BCUT2D eigenvalue weighted by Gasteiger charge is -2.38. The number of aryl methyl sites for hydroxylation is 1. The highest BCUT2D eigenvalue weighted by Crippen LogP contribution is 2.47. The van der Waals surface area contributed by atoms with E-state index in [4.69, 9.17) is 14.8 Å². The zero-order valence-corrected chi connectivity index (χ0v) is 18.3. The zero-order chi connectivity index (χ0) is 21.8. The molecule has 0 amide bonds. The lowest BCUT2D eigenvalue weighted by Crippen LogP contribution is -2.36. The molecule has 158 valence electrons. The molecule has 1 aliphatic heterocycles. The zero-order valence-electron chi connectivity index (χ0n) is 18.3. The summed E-state index contributed by atoms with van der Waals surface area (Å²) in [6.45, 7) is 6.32. The van der Waals surface area contributed by atoms with Gasteiger partial charge in [0, 0.05) is 28.8 Å². The van der Waals surface area contributed by atoms with Gasteiger partial charge in [-0.1, -0.05) is 61.9 Å². The van der Waals surface area contributed by atoms with Crippen molar-refractivity contribution < 1.29 is 9.53 Å². The highest BCUT2D eigenvalue weighted by molar-refractivity contribution is 6.00. The molecule has 5 rings (SSSR count). The first kappa shape index (κ1) is 19.5. The first-order chi connectivity index (χ1) is 14.9. The molecule has 2 aliphatic rings. The van der Waals surface area contributed by atoms with E-state index in [0.29, 0.717) is 18.2 Å². The predicted octanol–water partition coefficient (Wildman–Crippen LogP) is 4.92. The van der Waals surface area contributed by atoms with Gasteiger partial charge >= 0.3 is 0 Å². The van der Waals surface area contributed by atoms with Crippen LogP contribution in [0.15, 0.2) is 59.8 Å². The van der Waals surface area contributed by atoms with Gasteiger partial charge in [-0.15, -0.1) is 5.10 Å². The lowest BCUT2D eigenvalue weighted by atomic mass is 9.73. The molecule has 2 aromatic carbocycles. The Balaban J connectivity index is 1.70. The molecule has 0 bridgehead atoms. The van der Waals surface area contributed by atoms with Crippen LogP contribution in [0.5, 0.6) is 5.75 Å². The number of benzene rings is 2. The van der Waals surface area contributed by atoms with E-state index in [9.17, 15) is 4.79 Å². The van der Waals surface area contributed by atoms with Gasteiger partial charge in [-0.25, -0.2) is 4.68 Å². The molecule has 0 saturated heterocycles. The molecule has 1 aromatic heterocycles. The highest BCUT2D eigenvalue weighted by Gasteiger charge is 2.42. The number of hydrogen-bond acceptors (Lipinski definition) is 5. The Kier molecular flexibility index (Phi) is 4.46. The predicted molar refractivity (Wildman–Crippen MR) is 120 cm³/mol. The maximum absolute atomic E-state index is 13.4. The van der Waals surface area contributed by atoms with Gasteiger partial charge in [0.05, 0.1) is 7.11 Å². The van der Waals surface area contributed by atoms with E-state index in [0.717, 1.165) is 34.6 Å². The fourth-order valence-electron chi connectivity index (χ4n) is 4.61. The Morgan fingerprint density at radius 3 is 2.58 bits per heavy atom. The van der Waals surface area contributed by atoms with Crippen molar-refractivity contribution in [2.75, 3.05) is 12.4 Å². The summed E-state index contributed by atoms with van der Waals surface area (Å²) in [5.74, 6) is 2.16. The number of carbonyl (C=O) groups is 1. The summed E-state index contributed by atoms with van der Waals surface area (Å²) in [6.07, 6.45) is 1.29.